The minimum Gasteiger partial charge on any atom is -0.247 e. The lowest BCUT2D eigenvalue weighted by Gasteiger charge is -2.18. The van der Waals surface area contributed by atoms with Crippen molar-refractivity contribution in [2.45, 2.75) is 6.92 Å². The van der Waals surface area contributed by atoms with Gasteiger partial charge in [-0.2, -0.15) is 0 Å². The Morgan fingerprint density at radius 2 is 1.12 bits per heavy atom. The lowest BCUT2D eigenvalue weighted by Crippen LogP contribution is -1.97. The lowest BCUT2D eigenvalue weighted by molar-refractivity contribution is 1.33. The number of hydrogen-bond acceptors (Lipinski definition) is 1. The molecule has 0 saturated heterocycles. The minimum absolute atomic E-state index is 0.695. The van der Waals surface area contributed by atoms with Crippen molar-refractivity contribution in [1.82, 2.24) is 4.98 Å². The van der Waals surface area contributed by atoms with Crippen molar-refractivity contribution in [2.24, 2.45) is 0 Å². The molecule has 0 aliphatic heterocycles. The summed E-state index contributed by atoms with van der Waals surface area (Å²) >= 11 is 6.91. The molecule has 0 radical (unpaired) electrons. The zero-order valence-corrected chi connectivity index (χ0v) is 23.9. The maximum Gasteiger partial charge on any atom is 0.0794 e. The van der Waals surface area contributed by atoms with Gasteiger partial charge in [-0.25, -0.2) is 4.98 Å². The maximum atomic E-state index is 6.91. The zero-order valence-electron chi connectivity index (χ0n) is 23.1. The summed E-state index contributed by atoms with van der Waals surface area (Å²) in [5.41, 5.74) is 8.75. The quantitative estimate of drug-likeness (QED) is 0.197. The molecular formula is C40H26ClN. The summed E-state index contributed by atoms with van der Waals surface area (Å²) < 4.78 is 0. The predicted molar refractivity (Wildman–Crippen MR) is 180 cm³/mol. The number of benzene rings is 7. The summed E-state index contributed by atoms with van der Waals surface area (Å²) in [7, 11) is 0. The van der Waals surface area contributed by atoms with E-state index in [0.29, 0.717) is 5.02 Å². The van der Waals surface area contributed by atoms with E-state index in [9.17, 15) is 0 Å². The van der Waals surface area contributed by atoms with Crippen molar-refractivity contribution in [3.05, 3.63) is 150 Å². The summed E-state index contributed by atoms with van der Waals surface area (Å²) in [5, 5.41) is 9.10. The zero-order chi connectivity index (χ0) is 28.2. The van der Waals surface area contributed by atoms with Gasteiger partial charge in [0.2, 0.25) is 0 Å². The van der Waals surface area contributed by atoms with E-state index in [1.165, 1.54) is 43.6 Å². The van der Waals surface area contributed by atoms with Gasteiger partial charge in [0.05, 0.1) is 11.2 Å². The molecule has 0 N–H and O–H groups in total. The van der Waals surface area contributed by atoms with Gasteiger partial charge < -0.3 is 0 Å². The van der Waals surface area contributed by atoms with Crippen LogP contribution < -0.4 is 0 Å². The molecule has 1 heterocycles. The van der Waals surface area contributed by atoms with Gasteiger partial charge in [-0.1, -0.05) is 127 Å². The van der Waals surface area contributed by atoms with Crippen LogP contribution in [-0.4, -0.2) is 4.98 Å². The van der Waals surface area contributed by atoms with E-state index in [0.717, 1.165) is 38.7 Å². The molecule has 0 bridgehead atoms. The van der Waals surface area contributed by atoms with Crippen molar-refractivity contribution in [3.8, 4) is 33.5 Å². The smallest absolute Gasteiger partial charge is 0.0794 e. The topological polar surface area (TPSA) is 12.9 Å². The fraction of sp³-hybridized carbons (Fsp3) is 0.0250. The Balaban J connectivity index is 1.44. The summed E-state index contributed by atoms with van der Waals surface area (Å²) in [5.74, 6) is 0. The highest BCUT2D eigenvalue weighted by molar-refractivity contribution is 6.31. The molecule has 7 aromatic carbocycles. The van der Waals surface area contributed by atoms with E-state index in [4.69, 9.17) is 16.6 Å². The lowest BCUT2D eigenvalue weighted by atomic mass is 9.89. The van der Waals surface area contributed by atoms with Gasteiger partial charge in [-0.05, 0) is 85.9 Å². The van der Waals surface area contributed by atoms with Crippen LogP contribution >= 0.6 is 11.6 Å². The Kier molecular flexibility index (Phi) is 5.80. The molecule has 0 aliphatic rings. The summed E-state index contributed by atoms with van der Waals surface area (Å²) in [6, 6.07) is 49.4. The Morgan fingerprint density at radius 1 is 0.476 bits per heavy atom. The second-order valence-electron chi connectivity index (χ2n) is 10.9. The number of hydrogen-bond donors (Lipinski definition) is 0. The normalized spacial score (nSPS) is 11.6. The van der Waals surface area contributed by atoms with Crippen LogP contribution in [0.1, 0.15) is 5.56 Å². The molecule has 8 aromatic rings. The number of rotatable bonds is 3. The molecule has 2 heteroatoms. The first-order valence-electron chi connectivity index (χ1n) is 14.2. The van der Waals surface area contributed by atoms with Crippen molar-refractivity contribution < 1.29 is 0 Å². The number of pyridine rings is 1. The second kappa shape index (κ2) is 9.83. The third kappa shape index (κ3) is 3.97. The molecule has 42 heavy (non-hydrogen) atoms. The van der Waals surface area contributed by atoms with Gasteiger partial charge in [0, 0.05) is 21.4 Å². The van der Waals surface area contributed by atoms with Gasteiger partial charge in [-0.15, -0.1) is 0 Å². The first-order valence-corrected chi connectivity index (χ1v) is 14.6. The first kappa shape index (κ1) is 24.8. The number of aromatic nitrogens is 1. The van der Waals surface area contributed by atoms with Crippen LogP contribution in [-0.2, 0) is 0 Å². The molecule has 0 atom stereocenters. The van der Waals surface area contributed by atoms with Crippen molar-refractivity contribution >= 4 is 54.8 Å². The summed E-state index contributed by atoms with van der Waals surface area (Å²) in [6.45, 7) is 2.19. The van der Waals surface area contributed by atoms with Crippen LogP contribution in [0.25, 0.3) is 76.7 Å². The highest BCUT2D eigenvalue weighted by Crippen LogP contribution is 2.42. The minimum atomic E-state index is 0.695. The van der Waals surface area contributed by atoms with Crippen LogP contribution in [0.2, 0.25) is 5.02 Å². The fourth-order valence-corrected chi connectivity index (χ4v) is 6.76. The fourth-order valence-electron chi connectivity index (χ4n) is 6.53. The average Bonchev–Trinajstić information content (AvgIpc) is 3.04. The van der Waals surface area contributed by atoms with Gasteiger partial charge in [0.25, 0.3) is 0 Å². The largest absolute Gasteiger partial charge is 0.247 e. The Hall–Kier alpha value is -4.98. The monoisotopic (exact) mass is 555 g/mol. The molecular weight excluding hydrogens is 530 g/mol. The van der Waals surface area contributed by atoms with E-state index in [2.05, 4.69) is 146 Å². The number of halogens is 1. The molecule has 0 saturated carbocycles. The number of nitrogens with zero attached hydrogens (tertiary/aromatic N) is 1. The van der Waals surface area contributed by atoms with Gasteiger partial charge in [0.15, 0.2) is 0 Å². The first-order chi connectivity index (χ1) is 20.7. The van der Waals surface area contributed by atoms with Crippen molar-refractivity contribution in [2.75, 3.05) is 0 Å². The van der Waals surface area contributed by atoms with Crippen molar-refractivity contribution in [3.63, 3.8) is 0 Å². The summed E-state index contributed by atoms with van der Waals surface area (Å²) in [4.78, 5) is 5.39. The van der Waals surface area contributed by atoms with E-state index in [-0.39, 0.29) is 0 Å². The standard InChI is InChI=1S/C40H26ClN/c1-25-38(27-12-3-2-4-13-27)36-20-19-26-11-5-8-16-33(26)40(36)42-39(25)30-21-29(22-31(41)23-30)37-24-28-14-6-7-15-32(28)34-17-9-10-18-35(34)37/h2-24H,1H3. The molecule has 0 amide bonds. The molecule has 0 unspecified atom stereocenters. The van der Waals surface area contributed by atoms with Gasteiger partial charge in [0.1, 0.15) is 0 Å². The van der Waals surface area contributed by atoms with Gasteiger partial charge >= 0.3 is 0 Å². The number of fused-ring (bicyclic) bond motifs is 6. The van der Waals surface area contributed by atoms with E-state index in [1.54, 1.807) is 0 Å². The van der Waals surface area contributed by atoms with E-state index in [1.807, 2.05) is 0 Å². The SMILES string of the molecule is Cc1c(-c2cc(Cl)cc(-c3cc4ccccc4c4ccccc34)c2)nc2c(ccc3ccccc32)c1-c1ccccc1. The molecule has 198 valence electrons. The molecule has 0 spiro atoms. The van der Waals surface area contributed by atoms with Crippen LogP contribution in [0.5, 0.6) is 0 Å². The second-order valence-corrected chi connectivity index (χ2v) is 11.4. The van der Waals surface area contributed by atoms with Gasteiger partial charge in [-0.3, -0.25) is 0 Å². The molecule has 1 aromatic heterocycles. The molecule has 1 nitrogen and oxygen atoms in total. The van der Waals surface area contributed by atoms with Crippen LogP contribution in [0.15, 0.2) is 140 Å². The van der Waals surface area contributed by atoms with Crippen LogP contribution in [0.3, 0.4) is 0 Å². The Morgan fingerprint density at radius 3 is 1.93 bits per heavy atom. The highest BCUT2D eigenvalue weighted by Gasteiger charge is 2.18. The average molecular weight is 556 g/mol. The van der Waals surface area contributed by atoms with Crippen LogP contribution in [0, 0.1) is 6.92 Å². The highest BCUT2D eigenvalue weighted by atomic mass is 35.5. The maximum absolute atomic E-state index is 6.91. The Bertz CT molecular complexity index is 2320. The van der Waals surface area contributed by atoms with E-state index >= 15 is 0 Å². The predicted octanol–water partition coefficient (Wildman–Crippen LogP) is 11.7. The third-order valence-corrected chi connectivity index (χ3v) is 8.65. The summed E-state index contributed by atoms with van der Waals surface area (Å²) in [6.07, 6.45) is 0. The van der Waals surface area contributed by atoms with Crippen molar-refractivity contribution in [1.29, 1.82) is 0 Å². The van der Waals surface area contributed by atoms with Crippen LogP contribution in [0.4, 0.5) is 0 Å². The molecule has 8 rings (SSSR count). The van der Waals surface area contributed by atoms with E-state index < -0.39 is 0 Å². The molecule has 0 fully saturated rings. The Labute approximate surface area is 249 Å². The third-order valence-electron chi connectivity index (χ3n) is 8.44. The molecule has 0 aliphatic carbocycles.